The van der Waals surface area contributed by atoms with Gasteiger partial charge in [0.05, 0.1) is 6.04 Å². The molecule has 3 nitrogen and oxygen atoms in total. The van der Waals surface area contributed by atoms with Crippen LogP contribution >= 0.6 is 22.9 Å². The molecule has 0 amide bonds. The Morgan fingerprint density at radius 1 is 1.25 bits per heavy atom. The van der Waals surface area contributed by atoms with Crippen molar-refractivity contribution in [1.29, 1.82) is 0 Å². The molecular weight excluding hydrogens is 242 g/mol. The van der Waals surface area contributed by atoms with Crippen LogP contribution < -0.4 is 5.32 Å². The van der Waals surface area contributed by atoms with Crippen molar-refractivity contribution in [1.82, 2.24) is 10.2 Å². The second-order valence-corrected chi connectivity index (χ2v) is 5.26. The van der Waals surface area contributed by atoms with Crippen LogP contribution in [0.2, 0.25) is 5.15 Å². The van der Waals surface area contributed by atoms with Crippen molar-refractivity contribution in [3.05, 3.63) is 39.2 Å². The maximum Gasteiger partial charge on any atom is 0.151 e. The van der Waals surface area contributed by atoms with E-state index >= 15 is 0 Å². The number of rotatable bonds is 3. The second kappa shape index (κ2) is 4.80. The summed E-state index contributed by atoms with van der Waals surface area (Å²) < 4.78 is 0. The molecule has 0 radical (unpaired) electrons. The van der Waals surface area contributed by atoms with Gasteiger partial charge in [-0.1, -0.05) is 11.6 Å². The van der Waals surface area contributed by atoms with E-state index in [4.69, 9.17) is 11.6 Å². The zero-order valence-electron chi connectivity index (χ0n) is 9.07. The molecule has 5 heteroatoms. The maximum atomic E-state index is 5.67. The maximum absolute atomic E-state index is 5.67. The van der Waals surface area contributed by atoms with E-state index in [1.807, 2.05) is 6.07 Å². The molecule has 1 N–H and O–H groups in total. The molecule has 16 heavy (non-hydrogen) atoms. The Hall–Kier alpha value is -1.13. The molecule has 2 aromatic rings. The van der Waals surface area contributed by atoms with E-state index in [9.17, 15) is 0 Å². The van der Waals surface area contributed by atoms with E-state index in [-0.39, 0.29) is 6.04 Å². The van der Waals surface area contributed by atoms with Gasteiger partial charge in [0.2, 0.25) is 0 Å². The third kappa shape index (κ3) is 2.71. The molecule has 0 saturated carbocycles. The van der Waals surface area contributed by atoms with Crippen LogP contribution in [-0.4, -0.2) is 10.2 Å². The lowest BCUT2D eigenvalue weighted by Gasteiger charge is -2.11. The van der Waals surface area contributed by atoms with Crippen molar-refractivity contribution in [2.45, 2.75) is 19.9 Å². The number of nitrogens with one attached hydrogen (secondary N) is 1. The van der Waals surface area contributed by atoms with Gasteiger partial charge in [-0.2, -0.15) is 0 Å². The number of hydrogen-bond acceptors (Lipinski definition) is 4. The number of nitrogens with zero attached hydrogens (tertiary/aromatic N) is 2. The molecule has 0 bridgehead atoms. The topological polar surface area (TPSA) is 37.8 Å². The Balaban J connectivity index is 2.07. The summed E-state index contributed by atoms with van der Waals surface area (Å²) in [6, 6.07) is 8.02. The molecule has 0 saturated heterocycles. The monoisotopic (exact) mass is 253 g/mol. The van der Waals surface area contributed by atoms with E-state index in [2.05, 4.69) is 41.5 Å². The molecule has 2 heterocycles. The molecule has 0 aliphatic heterocycles. The third-order valence-electron chi connectivity index (χ3n) is 2.18. The fourth-order valence-corrected chi connectivity index (χ4v) is 2.35. The SMILES string of the molecule is Cc1ccc(C(C)Nc2ccc(Cl)nn2)s1. The highest BCUT2D eigenvalue weighted by atomic mass is 35.5. The van der Waals surface area contributed by atoms with Crippen LogP contribution in [0.15, 0.2) is 24.3 Å². The lowest BCUT2D eigenvalue weighted by molar-refractivity contribution is 0.879. The first-order chi connectivity index (χ1) is 7.65. The van der Waals surface area contributed by atoms with Crippen LogP contribution in [-0.2, 0) is 0 Å². The quantitative estimate of drug-likeness (QED) is 0.907. The Morgan fingerprint density at radius 3 is 2.62 bits per heavy atom. The normalized spacial score (nSPS) is 12.4. The summed E-state index contributed by atoms with van der Waals surface area (Å²) in [4.78, 5) is 2.60. The van der Waals surface area contributed by atoms with Gasteiger partial charge in [0.15, 0.2) is 5.15 Å². The first-order valence-corrected chi connectivity index (χ1v) is 6.16. The minimum absolute atomic E-state index is 0.231. The van der Waals surface area contributed by atoms with Crippen LogP contribution in [0, 0.1) is 6.92 Å². The average Bonchev–Trinajstić information content (AvgIpc) is 2.68. The van der Waals surface area contributed by atoms with Crippen LogP contribution in [0.5, 0.6) is 0 Å². The van der Waals surface area contributed by atoms with Crippen LogP contribution in [0.3, 0.4) is 0 Å². The number of anilines is 1. The summed E-state index contributed by atoms with van der Waals surface area (Å²) >= 11 is 7.45. The Bertz CT molecular complexity index is 466. The molecule has 0 aliphatic carbocycles. The first-order valence-electron chi connectivity index (χ1n) is 4.97. The van der Waals surface area contributed by atoms with Crippen LogP contribution in [0.4, 0.5) is 5.82 Å². The lowest BCUT2D eigenvalue weighted by atomic mass is 10.2. The summed E-state index contributed by atoms with van der Waals surface area (Å²) in [5, 5.41) is 11.4. The van der Waals surface area contributed by atoms with Crippen LogP contribution in [0.1, 0.15) is 22.7 Å². The second-order valence-electron chi connectivity index (χ2n) is 3.56. The fourth-order valence-electron chi connectivity index (χ4n) is 1.37. The molecule has 1 unspecified atom stereocenters. The minimum Gasteiger partial charge on any atom is -0.361 e. The van der Waals surface area contributed by atoms with Gasteiger partial charge in [0.1, 0.15) is 5.82 Å². The summed E-state index contributed by atoms with van der Waals surface area (Å²) in [5.74, 6) is 0.739. The summed E-state index contributed by atoms with van der Waals surface area (Å²) in [6.07, 6.45) is 0. The summed E-state index contributed by atoms with van der Waals surface area (Å²) in [7, 11) is 0. The van der Waals surface area contributed by atoms with E-state index in [1.54, 1.807) is 17.4 Å². The fraction of sp³-hybridized carbons (Fsp3) is 0.273. The molecule has 2 rings (SSSR count). The predicted octanol–water partition coefficient (Wildman–Crippen LogP) is 3.67. The average molecular weight is 254 g/mol. The van der Waals surface area contributed by atoms with Gasteiger partial charge in [-0.3, -0.25) is 0 Å². The van der Waals surface area contributed by atoms with Crippen molar-refractivity contribution >= 4 is 28.8 Å². The van der Waals surface area contributed by atoms with Gasteiger partial charge in [-0.25, -0.2) is 0 Å². The first kappa shape index (κ1) is 11.4. The molecule has 1 atom stereocenters. The van der Waals surface area contributed by atoms with Crippen molar-refractivity contribution in [3.8, 4) is 0 Å². The number of aryl methyl sites for hydroxylation is 1. The van der Waals surface area contributed by atoms with Gasteiger partial charge >= 0.3 is 0 Å². The lowest BCUT2D eigenvalue weighted by Crippen LogP contribution is -2.06. The molecule has 84 valence electrons. The highest BCUT2D eigenvalue weighted by Gasteiger charge is 2.08. The Labute approximate surface area is 103 Å². The van der Waals surface area contributed by atoms with Gasteiger partial charge in [0.25, 0.3) is 0 Å². The molecule has 2 aromatic heterocycles. The van der Waals surface area contributed by atoms with E-state index in [0.29, 0.717) is 5.15 Å². The molecule has 0 aromatic carbocycles. The van der Waals surface area contributed by atoms with Crippen LogP contribution in [0.25, 0.3) is 0 Å². The standard InChI is InChI=1S/C11H12ClN3S/c1-7-3-4-9(16-7)8(2)13-11-6-5-10(12)14-15-11/h3-6,8H,1-2H3,(H,13,15). The van der Waals surface area contributed by atoms with E-state index in [0.717, 1.165) is 5.82 Å². The largest absolute Gasteiger partial charge is 0.361 e. The van der Waals surface area contributed by atoms with Gasteiger partial charge in [-0.05, 0) is 38.1 Å². The molecule has 0 fully saturated rings. The molecule has 0 spiro atoms. The highest BCUT2D eigenvalue weighted by Crippen LogP contribution is 2.24. The third-order valence-corrected chi connectivity index (χ3v) is 3.57. The Morgan fingerprint density at radius 2 is 2.06 bits per heavy atom. The van der Waals surface area contributed by atoms with E-state index in [1.165, 1.54) is 9.75 Å². The van der Waals surface area contributed by atoms with Gasteiger partial charge in [0, 0.05) is 9.75 Å². The van der Waals surface area contributed by atoms with Gasteiger partial charge < -0.3 is 5.32 Å². The van der Waals surface area contributed by atoms with Gasteiger partial charge in [-0.15, -0.1) is 21.5 Å². The Kier molecular flexibility index (Phi) is 3.41. The predicted molar refractivity (Wildman–Crippen MR) is 68.1 cm³/mol. The zero-order valence-corrected chi connectivity index (χ0v) is 10.6. The number of hydrogen-bond donors (Lipinski definition) is 1. The number of thiophene rings is 1. The zero-order chi connectivity index (χ0) is 11.5. The van der Waals surface area contributed by atoms with Crippen molar-refractivity contribution in [2.24, 2.45) is 0 Å². The number of halogens is 1. The van der Waals surface area contributed by atoms with E-state index < -0.39 is 0 Å². The van der Waals surface area contributed by atoms with Crippen molar-refractivity contribution in [3.63, 3.8) is 0 Å². The molecule has 0 aliphatic rings. The number of aromatic nitrogens is 2. The minimum atomic E-state index is 0.231. The van der Waals surface area contributed by atoms with Crippen molar-refractivity contribution < 1.29 is 0 Å². The summed E-state index contributed by atoms with van der Waals surface area (Å²) in [6.45, 7) is 4.20. The summed E-state index contributed by atoms with van der Waals surface area (Å²) in [5.41, 5.74) is 0. The van der Waals surface area contributed by atoms with Crippen molar-refractivity contribution in [2.75, 3.05) is 5.32 Å². The molecular formula is C11H12ClN3S. The smallest absolute Gasteiger partial charge is 0.151 e. The highest BCUT2D eigenvalue weighted by molar-refractivity contribution is 7.12.